The Morgan fingerprint density at radius 2 is 0.639 bits per heavy atom. The average molecular weight is 505 g/mol. The van der Waals surface area contributed by atoms with E-state index in [4.69, 9.17) is 0 Å². The molecule has 1 rings (SSSR count). The van der Waals surface area contributed by atoms with Gasteiger partial charge in [0.25, 0.3) is 0 Å². The molecule has 1 heterocycles. The Bertz CT molecular complexity index is 460. The van der Waals surface area contributed by atoms with E-state index >= 15 is 0 Å². The Hall–Kier alpha value is -0.660. The summed E-state index contributed by atoms with van der Waals surface area (Å²) in [6.45, 7) is 9.45. The molecule has 0 amide bonds. The molecule has 1 unspecified atom stereocenters. The second-order valence-electron chi connectivity index (χ2n) is 11.8. The third-order valence-electron chi connectivity index (χ3n) is 8.32. The van der Waals surface area contributed by atoms with Crippen LogP contribution in [0.15, 0.2) is 12.4 Å². The van der Waals surface area contributed by atoms with Crippen molar-refractivity contribution in [3.63, 3.8) is 0 Å². The van der Waals surface area contributed by atoms with Crippen LogP contribution in [0, 0.1) is 0 Å². The molecule has 0 aliphatic carbocycles. The van der Waals surface area contributed by atoms with Crippen molar-refractivity contribution in [2.24, 2.45) is 0 Å². The van der Waals surface area contributed by atoms with E-state index in [1.807, 2.05) is 0 Å². The molecule has 2 heteroatoms. The first-order chi connectivity index (χ1) is 17.8. The fourth-order valence-electron chi connectivity index (χ4n) is 5.83. The molecule has 0 bridgehead atoms. The molecule has 0 saturated heterocycles. The first-order valence-electron chi connectivity index (χ1n) is 17.0. The monoisotopic (exact) mass is 505 g/mol. The van der Waals surface area contributed by atoms with Gasteiger partial charge >= 0.3 is 0 Å². The van der Waals surface area contributed by atoms with Crippen molar-refractivity contribution < 1.29 is 0 Å². The van der Waals surface area contributed by atoms with Gasteiger partial charge in [-0.2, -0.15) is 0 Å². The van der Waals surface area contributed by atoms with Crippen LogP contribution in [0.1, 0.15) is 188 Å². The van der Waals surface area contributed by atoms with Gasteiger partial charge < -0.3 is 9.80 Å². The summed E-state index contributed by atoms with van der Waals surface area (Å²) in [6, 6.07) is 0. The lowest BCUT2D eigenvalue weighted by atomic mass is 10.0. The number of hydrogen-bond acceptors (Lipinski definition) is 2. The summed E-state index contributed by atoms with van der Waals surface area (Å²) >= 11 is 0. The minimum atomic E-state index is 0.642. The molecule has 0 aromatic carbocycles. The molecular weight excluding hydrogens is 436 g/mol. The maximum absolute atomic E-state index is 2.69. The number of nitrogens with zero attached hydrogens (tertiary/aromatic N) is 2. The van der Waals surface area contributed by atoms with E-state index in [1.54, 1.807) is 0 Å². The van der Waals surface area contributed by atoms with Crippen LogP contribution < -0.4 is 0 Å². The summed E-state index contributed by atoms with van der Waals surface area (Å²) in [5, 5.41) is 0. The molecule has 36 heavy (non-hydrogen) atoms. The largest absolute Gasteiger partial charge is 0.356 e. The van der Waals surface area contributed by atoms with Crippen molar-refractivity contribution in [1.29, 1.82) is 0 Å². The number of unbranched alkanes of at least 4 members (excludes halogenated alkanes) is 22. The fraction of sp³-hybridized carbons (Fsp3) is 0.941. The van der Waals surface area contributed by atoms with E-state index in [1.165, 1.54) is 180 Å². The lowest BCUT2D eigenvalue weighted by Gasteiger charge is -2.33. The molecule has 0 aromatic rings. The van der Waals surface area contributed by atoms with E-state index in [9.17, 15) is 0 Å². The summed E-state index contributed by atoms with van der Waals surface area (Å²) in [7, 11) is 0. The third-order valence-corrected chi connectivity index (χ3v) is 8.32. The SMILES string of the molecule is CCCCCCCCCCCCCCC1N(CCCCC)C=CN1CCCCCCCCCCCC. The lowest BCUT2D eigenvalue weighted by molar-refractivity contribution is 0.135. The van der Waals surface area contributed by atoms with Crippen LogP contribution >= 0.6 is 0 Å². The highest BCUT2D eigenvalue weighted by atomic mass is 15.4. The maximum Gasteiger partial charge on any atom is 0.101 e. The Kier molecular flexibility index (Phi) is 24.1. The van der Waals surface area contributed by atoms with Crippen LogP contribution in [0.4, 0.5) is 0 Å². The van der Waals surface area contributed by atoms with Crippen molar-refractivity contribution in [2.75, 3.05) is 13.1 Å². The third kappa shape index (κ3) is 18.6. The number of hydrogen-bond donors (Lipinski definition) is 0. The Morgan fingerprint density at radius 1 is 0.361 bits per heavy atom. The van der Waals surface area contributed by atoms with E-state index in [0.29, 0.717) is 6.17 Å². The van der Waals surface area contributed by atoms with Crippen molar-refractivity contribution >= 4 is 0 Å². The van der Waals surface area contributed by atoms with Crippen LogP contribution in [0.2, 0.25) is 0 Å². The lowest BCUT2D eigenvalue weighted by Crippen LogP contribution is -2.39. The molecule has 0 radical (unpaired) electrons. The van der Waals surface area contributed by atoms with Gasteiger partial charge in [0.15, 0.2) is 0 Å². The van der Waals surface area contributed by atoms with Crippen molar-refractivity contribution in [3.8, 4) is 0 Å². The van der Waals surface area contributed by atoms with Gasteiger partial charge in [-0.15, -0.1) is 0 Å². The molecule has 0 aromatic heterocycles. The molecule has 1 atom stereocenters. The maximum atomic E-state index is 2.69. The normalized spacial score (nSPS) is 15.5. The van der Waals surface area contributed by atoms with Crippen LogP contribution in [0.5, 0.6) is 0 Å². The zero-order chi connectivity index (χ0) is 25.9. The number of rotatable bonds is 28. The Balaban J connectivity index is 2.14. The van der Waals surface area contributed by atoms with Crippen molar-refractivity contribution in [3.05, 3.63) is 12.4 Å². The smallest absolute Gasteiger partial charge is 0.101 e. The van der Waals surface area contributed by atoms with Crippen LogP contribution in [-0.2, 0) is 0 Å². The highest BCUT2D eigenvalue weighted by Crippen LogP contribution is 2.24. The van der Waals surface area contributed by atoms with Gasteiger partial charge in [-0.25, -0.2) is 0 Å². The van der Waals surface area contributed by atoms with Gasteiger partial charge in [0.2, 0.25) is 0 Å². The molecule has 214 valence electrons. The molecule has 2 nitrogen and oxygen atoms in total. The van der Waals surface area contributed by atoms with Crippen molar-refractivity contribution in [1.82, 2.24) is 9.80 Å². The minimum absolute atomic E-state index is 0.642. The summed E-state index contributed by atoms with van der Waals surface area (Å²) in [5.41, 5.74) is 0. The van der Waals surface area contributed by atoms with E-state index in [-0.39, 0.29) is 0 Å². The standard InChI is InChI=1S/C34H68N2/c1-4-7-10-12-14-16-18-19-20-22-24-26-29-34-35(30-27-9-6-3)32-33-36(34)31-28-25-23-21-17-15-13-11-8-5-2/h32-34H,4-31H2,1-3H3. The molecule has 0 N–H and O–H groups in total. The molecule has 1 aliphatic heterocycles. The van der Waals surface area contributed by atoms with Crippen molar-refractivity contribution in [2.45, 2.75) is 194 Å². The Labute approximate surface area is 229 Å². The van der Waals surface area contributed by atoms with Gasteiger partial charge in [0, 0.05) is 25.5 Å². The molecule has 0 fully saturated rings. The zero-order valence-corrected chi connectivity index (χ0v) is 25.4. The van der Waals surface area contributed by atoms with Gasteiger partial charge in [0.05, 0.1) is 0 Å². The average Bonchev–Trinajstić information content (AvgIpc) is 3.27. The van der Waals surface area contributed by atoms with Crippen LogP contribution in [-0.4, -0.2) is 29.1 Å². The first-order valence-corrected chi connectivity index (χ1v) is 17.0. The predicted molar refractivity (Wildman–Crippen MR) is 163 cm³/mol. The van der Waals surface area contributed by atoms with Crippen LogP contribution in [0.25, 0.3) is 0 Å². The zero-order valence-electron chi connectivity index (χ0n) is 25.4. The second kappa shape index (κ2) is 26.0. The fourth-order valence-corrected chi connectivity index (χ4v) is 5.83. The quantitative estimate of drug-likeness (QED) is 0.0977. The second-order valence-corrected chi connectivity index (χ2v) is 11.8. The molecule has 0 saturated carbocycles. The van der Waals surface area contributed by atoms with E-state index in [0.717, 1.165) is 0 Å². The summed E-state index contributed by atoms with van der Waals surface area (Å²) in [4.78, 5) is 5.36. The predicted octanol–water partition coefficient (Wildman–Crippen LogP) is 11.6. The Morgan fingerprint density at radius 3 is 1.03 bits per heavy atom. The van der Waals surface area contributed by atoms with Gasteiger partial charge in [-0.3, -0.25) is 0 Å². The van der Waals surface area contributed by atoms with E-state index < -0.39 is 0 Å². The summed E-state index contributed by atoms with van der Waals surface area (Å²) < 4.78 is 0. The summed E-state index contributed by atoms with van der Waals surface area (Å²) in [5.74, 6) is 0. The van der Waals surface area contributed by atoms with E-state index in [2.05, 4.69) is 43.0 Å². The topological polar surface area (TPSA) is 6.48 Å². The highest BCUT2D eigenvalue weighted by Gasteiger charge is 2.24. The van der Waals surface area contributed by atoms with Gasteiger partial charge in [0.1, 0.15) is 6.17 Å². The molecule has 1 aliphatic rings. The van der Waals surface area contributed by atoms with Gasteiger partial charge in [-0.05, 0) is 25.7 Å². The minimum Gasteiger partial charge on any atom is -0.356 e. The molecular formula is C34H68N2. The van der Waals surface area contributed by atoms with Gasteiger partial charge in [-0.1, -0.05) is 162 Å². The molecule has 0 spiro atoms. The summed E-state index contributed by atoms with van der Waals surface area (Å²) in [6.07, 6.45) is 42.5. The first kappa shape index (κ1) is 33.4. The highest BCUT2D eigenvalue weighted by molar-refractivity contribution is 4.97. The van der Waals surface area contributed by atoms with Crippen LogP contribution in [0.3, 0.4) is 0 Å².